The second-order valence-electron chi connectivity index (χ2n) is 10.6. The van der Waals surface area contributed by atoms with Gasteiger partial charge in [0.25, 0.3) is 0 Å². The van der Waals surface area contributed by atoms with Crippen molar-refractivity contribution in [1.29, 1.82) is 0 Å². The lowest BCUT2D eigenvalue weighted by atomic mass is 9.85. The number of carbonyl (C=O) groups is 2. The van der Waals surface area contributed by atoms with Crippen molar-refractivity contribution in [3.05, 3.63) is 28.5 Å². The summed E-state index contributed by atoms with van der Waals surface area (Å²) in [4.78, 5) is 33.2. The Morgan fingerprint density at radius 3 is 2.61 bits per heavy atom. The van der Waals surface area contributed by atoms with Crippen LogP contribution < -0.4 is 5.32 Å². The van der Waals surface area contributed by atoms with Gasteiger partial charge >= 0.3 is 0 Å². The Bertz CT molecular complexity index is 996. The molecule has 1 saturated heterocycles. The van der Waals surface area contributed by atoms with Gasteiger partial charge in [0.1, 0.15) is 17.1 Å². The predicted molar refractivity (Wildman–Crippen MR) is 125 cm³/mol. The number of amides is 2. The van der Waals surface area contributed by atoms with E-state index in [0.29, 0.717) is 12.3 Å². The van der Waals surface area contributed by atoms with Crippen LogP contribution in [0, 0.1) is 5.41 Å². The zero-order valence-electron chi connectivity index (χ0n) is 20.0. The number of nitrogens with one attached hydrogen (secondary N) is 1. The fourth-order valence-electron chi connectivity index (χ4n) is 4.47. The second kappa shape index (κ2) is 8.79. The summed E-state index contributed by atoms with van der Waals surface area (Å²) in [7, 11) is 0. The molecule has 2 aromatic heterocycles. The molecule has 2 aromatic rings. The fraction of sp³-hybridized carbons (Fsp3) is 0.696. The molecule has 1 aliphatic heterocycles. The molecule has 4 atom stereocenters. The Morgan fingerprint density at radius 2 is 2.03 bits per heavy atom. The van der Waals surface area contributed by atoms with Gasteiger partial charge in [-0.15, -0.1) is 16.4 Å². The number of hydrogen-bond acceptors (Lipinski definition) is 7. The predicted octanol–water partition coefficient (Wildman–Crippen LogP) is 2.60. The zero-order chi connectivity index (χ0) is 24.0. The maximum absolute atomic E-state index is 13.8. The van der Waals surface area contributed by atoms with Crippen molar-refractivity contribution in [2.24, 2.45) is 5.41 Å². The van der Waals surface area contributed by atoms with Gasteiger partial charge in [-0.1, -0.05) is 32.9 Å². The van der Waals surface area contributed by atoms with Gasteiger partial charge < -0.3 is 15.3 Å². The van der Waals surface area contributed by atoms with Crippen molar-refractivity contribution in [3.8, 4) is 0 Å². The SMILES string of the molecule is CCC(C)(NC(=O)C1CC(O)CN1C(=O)[C@@H](n1cc(C2CC2)nn1)C(C)(C)C)c1nccs1. The van der Waals surface area contributed by atoms with Crippen LogP contribution in [-0.4, -0.2) is 60.5 Å². The van der Waals surface area contributed by atoms with Crippen molar-refractivity contribution in [2.45, 2.75) is 89.9 Å². The highest BCUT2D eigenvalue weighted by Gasteiger charge is 2.46. The third-order valence-corrected chi connectivity index (χ3v) is 7.75. The van der Waals surface area contributed by atoms with E-state index >= 15 is 0 Å². The lowest BCUT2D eigenvalue weighted by Crippen LogP contribution is -2.54. The van der Waals surface area contributed by atoms with Crippen LogP contribution in [0.25, 0.3) is 0 Å². The maximum Gasteiger partial charge on any atom is 0.248 e. The first-order valence-electron chi connectivity index (χ1n) is 11.7. The number of nitrogens with zero attached hydrogens (tertiary/aromatic N) is 5. The first-order valence-corrected chi connectivity index (χ1v) is 12.5. The van der Waals surface area contributed by atoms with Gasteiger partial charge in [-0.2, -0.15) is 0 Å². The highest BCUT2D eigenvalue weighted by molar-refractivity contribution is 7.09. The first-order chi connectivity index (χ1) is 15.5. The van der Waals surface area contributed by atoms with Crippen molar-refractivity contribution < 1.29 is 14.7 Å². The number of hydrogen-bond donors (Lipinski definition) is 2. The van der Waals surface area contributed by atoms with Gasteiger partial charge in [-0.3, -0.25) is 9.59 Å². The van der Waals surface area contributed by atoms with Crippen LogP contribution in [-0.2, 0) is 15.1 Å². The molecule has 2 fully saturated rings. The summed E-state index contributed by atoms with van der Waals surface area (Å²) < 4.78 is 1.64. The average molecular weight is 475 g/mol. The van der Waals surface area contributed by atoms with Crippen molar-refractivity contribution >= 4 is 23.2 Å². The molecule has 10 heteroatoms. The molecule has 2 amide bonds. The Balaban J connectivity index is 1.58. The largest absolute Gasteiger partial charge is 0.391 e. The van der Waals surface area contributed by atoms with Gasteiger partial charge in [0.2, 0.25) is 11.8 Å². The molecule has 4 rings (SSSR count). The number of thiazole rings is 1. The molecule has 0 aromatic carbocycles. The van der Waals surface area contributed by atoms with Gasteiger partial charge in [-0.05, 0) is 31.6 Å². The van der Waals surface area contributed by atoms with Crippen LogP contribution in [0.4, 0.5) is 0 Å². The van der Waals surface area contributed by atoms with E-state index < -0.39 is 29.1 Å². The third kappa shape index (κ3) is 4.82. The molecule has 0 bridgehead atoms. The molecule has 9 nitrogen and oxygen atoms in total. The number of rotatable bonds is 7. The quantitative estimate of drug-likeness (QED) is 0.638. The van der Waals surface area contributed by atoms with Crippen LogP contribution >= 0.6 is 11.3 Å². The molecule has 1 saturated carbocycles. The molecule has 2 N–H and O–H groups in total. The lowest BCUT2D eigenvalue weighted by Gasteiger charge is -2.36. The summed E-state index contributed by atoms with van der Waals surface area (Å²) >= 11 is 1.49. The number of aliphatic hydroxyl groups is 1. The van der Waals surface area contributed by atoms with Gasteiger partial charge in [0, 0.05) is 36.7 Å². The topological polar surface area (TPSA) is 113 Å². The third-order valence-electron chi connectivity index (χ3n) is 6.72. The number of β-amino-alcohol motifs (C(OH)–C–C–N with tert-alkyl or cyclic N) is 1. The molecule has 33 heavy (non-hydrogen) atoms. The minimum atomic E-state index is -0.755. The Labute approximate surface area is 198 Å². The highest BCUT2D eigenvalue weighted by Crippen LogP contribution is 2.40. The normalized spacial score (nSPS) is 23.9. The van der Waals surface area contributed by atoms with E-state index in [-0.39, 0.29) is 24.8 Å². The van der Waals surface area contributed by atoms with Crippen LogP contribution in [0.15, 0.2) is 17.8 Å². The molecule has 180 valence electrons. The van der Waals surface area contributed by atoms with E-state index in [2.05, 4.69) is 20.6 Å². The number of aliphatic hydroxyl groups excluding tert-OH is 1. The zero-order valence-corrected chi connectivity index (χ0v) is 20.8. The molecule has 3 unspecified atom stereocenters. The summed E-state index contributed by atoms with van der Waals surface area (Å²) in [6, 6.07) is -1.38. The van der Waals surface area contributed by atoms with Crippen molar-refractivity contribution in [1.82, 2.24) is 30.2 Å². The average Bonchev–Trinajstić information content (AvgIpc) is 3.13. The minimum absolute atomic E-state index is 0.119. The highest BCUT2D eigenvalue weighted by atomic mass is 32.1. The maximum atomic E-state index is 13.8. The van der Waals surface area contributed by atoms with Crippen LogP contribution in [0.2, 0.25) is 0 Å². The molecule has 2 aliphatic rings. The smallest absolute Gasteiger partial charge is 0.248 e. The molecule has 0 radical (unpaired) electrons. The van der Waals surface area contributed by atoms with Gasteiger partial charge in [0.05, 0.1) is 17.3 Å². The molecule has 1 aliphatic carbocycles. The minimum Gasteiger partial charge on any atom is -0.391 e. The van der Waals surface area contributed by atoms with E-state index in [4.69, 9.17) is 0 Å². The van der Waals surface area contributed by atoms with Crippen molar-refractivity contribution in [2.75, 3.05) is 6.54 Å². The van der Waals surface area contributed by atoms with Gasteiger partial charge in [-0.25, -0.2) is 9.67 Å². The Hall–Kier alpha value is -2.33. The van der Waals surface area contributed by atoms with Crippen LogP contribution in [0.1, 0.15) is 83.0 Å². The Kier molecular flexibility index (Phi) is 6.34. The van der Waals surface area contributed by atoms with Crippen LogP contribution in [0.3, 0.4) is 0 Å². The van der Waals surface area contributed by atoms with E-state index in [0.717, 1.165) is 23.5 Å². The summed E-state index contributed by atoms with van der Waals surface area (Å²) in [6.07, 6.45) is 5.89. The number of carbonyl (C=O) groups excluding carboxylic acids is 2. The van der Waals surface area contributed by atoms with E-state index in [1.165, 1.54) is 16.2 Å². The number of likely N-dealkylation sites (tertiary alicyclic amines) is 1. The van der Waals surface area contributed by atoms with Crippen LogP contribution in [0.5, 0.6) is 0 Å². The summed E-state index contributed by atoms with van der Waals surface area (Å²) in [5.74, 6) is -0.0672. The molecule has 0 spiro atoms. The Morgan fingerprint density at radius 1 is 1.30 bits per heavy atom. The van der Waals surface area contributed by atoms with Crippen molar-refractivity contribution in [3.63, 3.8) is 0 Å². The number of aromatic nitrogens is 4. The summed E-state index contributed by atoms with van der Waals surface area (Å²) in [5.41, 5.74) is -0.184. The van der Waals surface area contributed by atoms with E-state index in [1.54, 1.807) is 10.9 Å². The molecular weight excluding hydrogens is 440 g/mol. The summed E-state index contributed by atoms with van der Waals surface area (Å²) in [5, 5.41) is 24.8. The molecular formula is C23H34N6O3S. The first kappa shape index (κ1) is 23.8. The second-order valence-corrected chi connectivity index (χ2v) is 11.5. The van der Waals surface area contributed by atoms with Gasteiger partial charge in [0.15, 0.2) is 0 Å². The summed E-state index contributed by atoms with van der Waals surface area (Å²) in [6.45, 7) is 9.98. The fourth-order valence-corrected chi connectivity index (χ4v) is 5.30. The monoisotopic (exact) mass is 474 g/mol. The molecule has 3 heterocycles. The lowest BCUT2D eigenvalue weighted by molar-refractivity contribution is -0.144. The standard InChI is InChI=1S/C23H34N6O3S/c1-6-23(5,21-24-9-10-33-21)25-19(31)17-11-15(30)12-28(17)20(32)18(22(2,3)4)29-13-16(26-27-29)14-7-8-14/h9-10,13-15,17-18,30H,6-8,11-12H2,1-5H3,(H,25,31)/t15?,17?,18-,23?/m1/s1. The van der Waals surface area contributed by atoms with E-state index in [9.17, 15) is 14.7 Å². The van der Waals surface area contributed by atoms with E-state index in [1.807, 2.05) is 46.2 Å².